The third-order valence-electron chi connectivity index (χ3n) is 2.33. The Labute approximate surface area is 85.5 Å². The molecule has 0 aromatic heterocycles. The maximum atomic E-state index is 8.97. The van der Waals surface area contributed by atoms with Crippen LogP contribution in [0.2, 0.25) is 0 Å². The molecule has 0 aliphatic heterocycles. The van der Waals surface area contributed by atoms with Crippen LogP contribution < -0.4 is 4.74 Å². The van der Waals surface area contributed by atoms with E-state index in [1.54, 1.807) is 7.11 Å². The summed E-state index contributed by atoms with van der Waals surface area (Å²) in [5.41, 5.74) is 2.13. The summed E-state index contributed by atoms with van der Waals surface area (Å²) in [6, 6.07) is 5.90. The Morgan fingerprint density at radius 1 is 1.36 bits per heavy atom. The summed E-state index contributed by atoms with van der Waals surface area (Å²) in [6.45, 7) is 2.25. The fourth-order valence-electron chi connectivity index (χ4n) is 1.46. The Morgan fingerprint density at radius 3 is 2.71 bits per heavy atom. The second-order valence-electron chi connectivity index (χ2n) is 3.41. The van der Waals surface area contributed by atoms with E-state index < -0.39 is 0 Å². The van der Waals surface area contributed by atoms with Crippen molar-refractivity contribution in [1.29, 1.82) is 0 Å². The van der Waals surface area contributed by atoms with Crippen molar-refractivity contribution in [3.05, 3.63) is 29.3 Å². The first kappa shape index (κ1) is 11.1. The molecular formula is C12H18O2. The highest BCUT2D eigenvalue weighted by Gasteiger charge is 2.03. The number of unbranched alkanes of at least 4 members (excludes halogenated alkanes) is 1. The third kappa shape index (κ3) is 2.74. The Balaban J connectivity index is 2.82. The van der Waals surface area contributed by atoms with Gasteiger partial charge in [0.1, 0.15) is 5.75 Å². The molecule has 14 heavy (non-hydrogen) atoms. The zero-order valence-electron chi connectivity index (χ0n) is 8.92. The van der Waals surface area contributed by atoms with Gasteiger partial charge in [-0.3, -0.25) is 0 Å². The summed E-state index contributed by atoms with van der Waals surface area (Å²) >= 11 is 0. The van der Waals surface area contributed by atoms with E-state index in [0.717, 1.165) is 17.7 Å². The van der Waals surface area contributed by atoms with Gasteiger partial charge in [0.05, 0.1) is 13.7 Å². The Bertz CT molecular complexity index is 282. The summed E-state index contributed by atoms with van der Waals surface area (Å²) in [4.78, 5) is 0. The van der Waals surface area contributed by atoms with Gasteiger partial charge in [-0.25, -0.2) is 0 Å². The van der Waals surface area contributed by atoms with Gasteiger partial charge in [-0.15, -0.1) is 0 Å². The van der Waals surface area contributed by atoms with Crippen LogP contribution >= 0.6 is 0 Å². The molecule has 0 heterocycles. The zero-order chi connectivity index (χ0) is 10.4. The van der Waals surface area contributed by atoms with E-state index in [-0.39, 0.29) is 6.61 Å². The molecule has 0 fully saturated rings. The predicted molar refractivity (Wildman–Crippen MR) is 57.5 cm³/mol. The van der Waals surface area contributed by atoms with Crippen molar-refractivity contribution in [2.24, 2.45) is 0 Å². The first-order valence-corrected chi connectivity index (χ1v) is 5.08. The van der Waals surface area contributed by atoms with E-state index >= 15 is 0 Å². The molecule has 1 aromatic rings. The minimum absolute atomic E-state index is 0.0738. The molecule has 0 unspecified atom stereocenters. The molecule has 1 N–H and O–H groups in total. The highest BCUT2D eigenvalue weighted by Crippen LogP contribution is 2.22. The number of hydrogen-bond acceptors (Lipinski definition) is 2. The summed E-state index contributed by atoms with van der Waals surface area (Å²) in [5.74, 6) is 0.894. The van der Waals surface area contributed by atoms with E-state index in [4.69, 9.17) is 9.84 Å². The molecule has 0 amide bonds. The van der Waals surface area contributed by atoms with Crippen LogP contribution in [0.5, 0.6) is 5.75 Å². The van der Waals surface area contributed by atoms with Gasteiger partial charge in [0, 0.05) is 0 Å². The highest BCUT2D eigenvalue weighted by atomic mass is 16.5. The van der Waals surface area contributed by atoms with Gasteiger partial charge in [0.2, 0.25) is 0 Å². The molecule has 0 aliphatic rings. The summed E-state index contributed by atoms with van der Waals surface area (Å²) < 4.78 is 5.27. The largest absolute Gasteiger partial charge is 0.496 e. The Hall–Kier alpha value is -1.02. The number of aliphatic hydroxyl groups is 1. The number of rotatable bonds is 5. The van der Waals surface area contributed by atoms with E-state index in [0.29, 0.717) is 0 Å². The minimum Gasteiger partial charge on any atom is -0.496 e. The quantitative estimate of drug-likeness (QED) is 0.780. The monoisotopic (exact) mass is 194 g/mol. The summed E-state index contributed by atoms with van der Waals surface area (Å²) in [5, 5.41) is 8.97. The molecule has 78 valence electrons. The van der Waals surface area contributed by atoms with Gasteiger partial charge in [0.15, 0.2) is 0 Å². The molecule has 0 saturated carbocycles. The van der Waals surface area contributed by atoms with Crippen molar-refractivity contribution in [3.63, 3.8) is 0 Å². The van der Waals surface area contributed by atoms with Crippen LogP contribution in [0.3, 0.4) is 0 Å². The fourth-order valence-corrected chi connectivity index (χ4v) is 1.46. The Kier molecular flexibility index (Phi) is 4.47. The van der Waals surface area contributed by atoms with E-state index in [1.807, 2.05) is 18.2 Å². The second kappa shape index (κ2) is 5.66. The smallest absolute Gasteiger partial charge is 0.122 e. The van der Waals surface area contributed by atoms with Gasteiger partial charge < -0.3 is 9.84 Å². The normalized spacial score (nSPS) is 10.2. The lowest BCUT2D eigenvalue weighted by Gasteiger charge is -2.09. The van der Waals surface area contributed by atoms with E-state index in [1.165, 1.54) is 18.4 Å². The molecule has 0 atom stereocenters. The van der Waals surface area contributed by atoms with Crippen LogP contribution in [0.15, 0.2) is 18.2 Å². The molecule has 1 aromatic carbocycles. The Morgan fingerprint density at radius 2 is 2.14 bits per heavy atom. The van der Waals surface area contributed by atoms with E-state index in [9.17, 15) is 0 Å². The van der Waals surface area contributed by atoms with Crippen molar-refractivity contribution >= 4 is 0 Å². The lowest BCUT2D eigenvalue weighted by molar-refractivity contribution is 0.281. The SMILES string of the molecule is CCCCc1ccc(CO)cc1OC. The van der Waals surface area contributed by atoms with Crippen LogP contribution in [0.4, 0.5) is 0 Å². The number of methoxy groups -OCH3 is 1. The van der Waals surface area contributed by atoms with E-state index in [2.05, 4.69) is 6.92 Å². The van der Waals surface area contributed by atoms with Crippen LogP contribution in [0, 0.1) is 0 Å². The van der Waals surface area contributed by atoms with Gasteiger partial charge in [-0.2, -0.15) is 0 Å². The zero-order valence-corrected chi connectivity index (χ0v) is 8.92. The van der Waals surface area contributed by atoms with Gasteiger partial charge in [0.25, 0.3) is 0 Å². The van der Waals surface area contributed by atoms with Crippen LogP contribution in [-0.2, 0) is 13.0 Å². The lowest BCUT2D eigenvalue weighted by atomic mass is 10.1. The number of ether oxygens (including phenoxy) is 1. The average Bonchev–Trinajstić information content (AvgIpc) is 2.26. The van der Waals surface area contributed by atoms with Crippen LogP contribution in [-0.4, -0.2) is 12.2 Å². The minimum atomic E-state index is 0.0738. The molecule has 2 nitrogen and oxygen atoms in total. The first-order valence-electron chi connectivity index (χ1n) is 5.08. The highest BCUT2D eigenvalue weighted by molar-refractivity contribution is 5.37. The maximum Gasteiger partial charge on any atom is 0.122 e. The number of aliphatic hydroxyl groups excluding tert-OH is 1. The van der Waals surface area contributed by atoms with Crippen LogP contribution in [0.1, 0.15) is 30.9 Å². The molecule has 0 spiro atoms. The average molecular weight is 194 g/mol. The van der Waals surface area contributed by atoms with Gasteiger partial charge in [-0.05, 0) is 30.0 Å². The fraction of sp³-hybridized carbons (Fsp3) is 0.500. The summed E-state index contributed by atoms with van der Waals surface area (Å²) in [7, 11) is 1.67. The lowest BCUT2D eigenvalue weighted by Crippen LogP contribution is -1.94. The molecule has 0 saturated heterocycles. The molecule has 0 radical (unpaired) electrons. The first-order chi connectivity index (χ1) is 6.81. The topological polar surface area (TPSA) is 29.5 Å². The second-order valence-corrected chi connectivity index (χ2v) is 3.41. The molecule has 2 heteroatoms. The standard InChI is InChI=1S/C12H18O2/c1-3-4-5-11-7-6-10(9-13)8-12(11)14-2/h6-8,13H,3-5,9H2,1-2H3. The predicted octanol–water partition coefficient (Wildman–Crippen LogP) is 2.53. The van der Waals surface area contributed by atoms with Crippen molar-refractivity contribution in [2.45, 2.75) is 32.8 Å². The molecular weight excluding hydrogens is 176 g/mol. The van der Waals surface area contributed by atoms with Gasteiger partial charge >= 0.3 is 0 Å². The van der Waals surface area contributed by atoms with Gasteiger partial charge in [-0.1, -0.05) is 25.5 Å². The maximum absolute atomic E-state index is 8.97. The molecule has 0 aliphatic carbocycles. The number of benzene rings is 1. The molecule has 0 bridgehead atoms. The van der Waals surface area contributed by atoms with Crippen molar-refractivity contribution in [1.82, 2.24) is 0 Å². The number of aryl methyl sites for hydroxylation is 1. The third-order valence-corrected chi connectivity index (χ3v) is 2.33. The van der Waals surface area contributed by atoms with Crippen molar-refractivity contribution in [3.8, 4) is 5.75 Å². The summed E-state index contributed by atoms with van der Waals surface area (Å²) in [6.07, 6.45) is 3.41. The molecule has 1 rings (SSSR count). The van der Waals surface area contributed by atoms with Crippen molar-refractivity contribution in [2.75, 3.05) is 7.11 Å². The van der Waals surface area contributed by atoms with Crippen molar-refractivity contribution < 1.29 is 9.84 Å². The number of hydrogen-bond donors (Lipinski definition) is 1. The van der Waals surface area contributed by atoms with Crippen LogP contribution in [0.25, 0.3) is 0 Å².